The lowest BCUT2D eigenvalue weighted by atomic mass is 9.63. The average Bonchev–Trinajstić information content (AvgIpc) is 2.70. The van der Waals surface area contributed by atoms with Gasteiger partial charge in [-0.3, -0.25) is 9.78 Å². The number of nitrogens with zero attached hydrogens (tertiary/aromatic N) is 1. The van der Waals surface area contributed by atoms with E-state index in [0.29, 0.717) is 5.69 Å². The highest BCUT2D eigenvalue weighted by atomic mass is 16.1. The van der Waals surface area contributed by atoms with E-state index < -0.39 is 0 Å². The maximum atomic E-state index is 12.4. The smallest absolute Gasteiger partial charge is 0.248 e. The van der Waals surface area contributed by atoms with Crippen LogP contribution < -0.4 is 5.32 Å². The minimum absolute atomic E-state index is 0.153. The number of fused-ring (bicyclic) bond motifs is 2. The number of hydrogen-bond acceptors (Lipinski definition) is 2. The third-order valence-corrected chi connectivity index (χ3v) is 6.16. The molecule has 1 aliphatic rings. The zero-order valence-corrected chi connectivity index (χ0v) is 17.6. The van der Waals surface area contributed by atoms with Crippen molar-refractivity contribution in [2.75, 3.05) is 5.32 Å². The monoisotopic (exact) mass is 384 g/mol. The van der Waals surface area contributed by atoms with Gasteiger partial charge in [-0.2, -0.15) is 0 Å². The van der Waals surface area contributed by atoms with Crippen molar-refractivity contribution in [3.05, 3.63) is 77.5 Å². The molecule has 1 N–H and O–H groups in total. The van der Waals surface area contributed by atoms with Gasteiger partial charge in [0.05, 0.1) is 17.4 Å². The molecule has 29 heavy (non-hydrogen) atoms. The van der Waals surface area contributed by atoms with Gasteiger partial charge >= 0.3 is 0 Å². The van der Waals surface area contributed by atoms with Crippen LogP contribution in [0.5, 0.6) is 0 Å². The molecule has 1 heterocycles. The highest BCUT2D eigenvalue weighted by Gasteiger charge is 2.36. The molecule has 0 spiro atoms. The van der Waals surface area contributed by atoms with Gasteiger partial charge in [0.2, 0.25) is 5.91 Å². The van der Waals surface area contributed by atoms with Gasteiger partial charge in [-0.1, -0.05) is 64.1 Å². The number of hydrogen-bond donors (Lipinski definition) is 1. The molecule has 0 aliphatic heterocycles. The molecule has 1 aliphatic carbocycles. The molecule has 3 nitrogen and oxygen atoms in total. The molecule has 2 aromatic carbocycles. The Morgan fingerprint density at radius 2 is 1.69 bits per heavy atom. The van der Waals surface area contributed by atoms with Crippen molar-refractivity contribution < 1.29 is 4.79 Å². The lowest BCUT2D eigenvalue weighted by Gasteiger charge is -2.42. The molecule has 0 bridgehead atoms. The van der Waals surface area contributed by atoms with Crippen molar-refractivity contribution in [1.82, 2.24) is 4.98 Å². The van der Waals surface area contributed by atoms with E-state index in [9.17, 15) is 4.79 Å². The summed E-state index contributed by atoms with van der Waals surface area (Å²) in [5.74, 6) is -0.153. The van der Waals surface area contributed by atoms with Crippen LogP contribution in [0.1, 0.15) is 57.2 Å². The number of para-hydroxylation sites is 1. The minimum Gasteiger partial charge on any atom is -0.321 e. The fourth-order valence-electron chi connectivity index (χ4n) is 4.21. The van der Waals surface area contributed by atoms with Gasteiger partial charge in [0, 0.05) is 11.5 Å². The maximum Gasteiger partial charge on any atom is 0.248 e. The first-order chi connectivity index (χ1) is 13.7. The summed E-state index contributed by atoms with van der Waals surface area (Å²) in [6, 6.07) is 16.4. The molecular formula is C26H28N2O. The Balaban J connectivity index is 1.53. The fraction of sp³-hybridized carbons (Fsp3) is 0.308. The fourth-order valence-corrected chi connectivity index (χ4v) is 4.21. The number of pyridine rings is 1. The predicted octanol–water partition coefficient (Wildman–Crippen LogP) is 6.24. The molecule has 0 saturated carbocycles. The first kappa shape index (κ1) is 19.4. The van der Waals surface area contributed by atoms with E-state index >= 15 is 0 Å². The normalized spacial score (nSPS) is 17.2. The largest absolute Gasteiger partial charge is 0.321 e. The molecule has 1 aromatic heterocycles. The molecule has 3 aromatic rings. The first-order valence-electron chi connectivity index (χ1n) is 10.2. The van der Waals surface area contributed by atoms with E-state index in [1.54, 1.807) is 12.3 Å². The van der Waals surface area contributed by atoms with Crippen molar-refractivity contribution in [1.29, 1.82) is 0 Å². The Morgan fingerprint density at radius 3 is 2.48 bits per heavy atom. The first-order valence-corrected chi connectivity index (χ1v) is 10.2. The lowest BCUT2D eigenvalue weighted by molar-refractivity contribution is -0.111. The Kier molecular flexibility index (Phi) is 4.77. The van der Waals surface area contributed by atoms with Gasteiger partial charge in [-0.05, 0) is 58.6 Å². The van der Waals surface area contributed by atoms with Crippen molar-refractivity contribution in [3.63, 3.8) is 0 Å². The number of aromatic nitrogens is 1. The Morgan fingerprint density at radius 1 is 0.966 bits per heavy atom. The second-order valence-electron chi connectivity index (χ2n) is 9.31. The van der Waals surface area contributed by atoms with E-state index in [-0.39, 0.29) is 16.7 Å². The molecule has 0 radical (unpaired) electrons. The Labute approximate surface area is 172 Å². The number of anilines is 1. The Hall–Kier alpha value is -2.94. The highest BCUT2D eigenvalue weighted by Crippen LogP contribution is 2.45. The van der Waals surface area contributed by atoms with E-state index in [0.717, 1.165) is 16.5 Å². The van der Waals surface area contributed by atoms with Crippen molar-refractivity contribution >= 4 is 28.6 Å². The highest BCUT2D eigenvalue weighted by molar-refractivity contribution is 6.02. The van der Waals surface area contributed by atoms with Gasteiger partial charge in [0.1, 0.15) is 0 Å². The molecule has 0 fully saturated rings. The van der Waals surface area contributed by atoms with Crippen molar-refractivity contribution in [3.8, 4) is 0 Å². The molecule has 4 rings (SSSR count). The zero-order chi connectivity index (χ0) is 20.6. The quantitative estimate of drug-likeness (QED) is 0.543. The molecule has 0 unspecified atom stereocenters. The Bertz CT molecular complexity index is 1110. The maximum absolute atomic E-state index is 12.4. The standard InChI is InChI=1S/C26H28N2O/c1-25(2)13-14-26(3,4)22-15-18(9-11-21(22)25)10-12-24(29)28-20-16-19-7-5-6-8-23(19)27-17-20/h5-12,15-17H,13-14H2,1-4H3,(H,28,29)/b12-10-. The summed E-state index contributed by atoms with van der Waals surface area (Å²) < 4.78 is 0. The van der Waals surface area contributed by atoms with Crippen LogP contribution in [0.2, 0.25) is 0 Å². The average molecular weight is 385 g/mol. The zero-order valence-electron chi connectivity index (χ0n) is 17.6. The summed E-state index contributed by atoms with van der Waals surface area (Å²) in [6.45, 7) is 9.27. The topological polar surface area (TPSA) is 42.0 Å². The minimum atomic E-state index is -0.153. The third-order valence-electron chi connectivity index (χ3n) is 6.16. The number of benzene rings is 2. The van der Waals surface area contributed by atoms with Crippen LogP contribution in [0.15, 0.2) is 60.8 Å². The van der Waals surface area contributed by atoms with Crippen LogP contribution in [0.25, 0.3) is 17.0 Å². The summed E-state index contributed by atoms with van der Waals surface area (Å²) in [5, 5.41) is 3.92. The molecule has 148 valence electrons. The van der Waals surface area contributed by atoms with Gasteiger partial charge in [-0.15, -0.1) is 0 Å². The molecule has 1 amide bonds. The number of amides is 1. The van der Waals surface area contributed by atoms with Crippen LogP contribution in [-0.4, -0.2) is 10.9 Å². The lowest BCUT2D eigenvalue weighted by Crippen LogP contribution is -2.33. The number of carbonyl (C=O) groups excluding carboxylic acids is 1. The second kappa shape index (κ2) is 7.14. The predicted molar refractivity (Wildman–Crippen MR) is 121 cm³/mol. The van der Waals surface area contributed by atoms with Crippen LogP contribution in [0.4, 0.5) is 5.69 Å². The molecule has 3 heteroatoms. The number of carbonyl (C=O) groups is 1. The SMILES string of the molecule is CC1(C)CCC(C)(C)c2cc(/C=C\C(=O)Nc3cnc4ccccc4c3)ccc21. The summed E-state index contributed by atoms with van der Waals surface area (Å²) in [6.07, 6.45) is 7.55. The molecular weight excluding hydrogens is 356 g/mol. The van der Waals surface area contributed by atoms with E-state index in [2.05, 4.69) is 56.2 Å². The van der Waals surface area contributed by atoms with E-state index in [1.807, 2.05) is 36.4 Å². The second-order valence-corrected chi connectivity index (χ2v) is 9.31. The van der Waals surface area contributed by atoms with Gasteiger partial charge < -0.3 is 5.32 Å². The summed E-state index contributed by atoms with van der Waals surface area (Å²) in [7, 11) is 0. The summed E-state index contributed by atoms with van der Waals surface area (Å²) in [4.78, 5) is 16.8. The van der Waals surface area contributed by atoms with Crippen molar-refractivity contribution in [2.45, 2.75) is 51.4 Å². The third kappa shape index (κ3) is 3.95. The van der Waals surface area contributed by atoms with Gasteiger partial charge in [0.15, 0.2) is 0 Å². The van der Waals surface area contributed by atoms with Crippen LogP contribution in [-0.2, 0) is 15.6 Å². The van der Waals surface area contributed by atoms with Crippen molar-refractivity contribution in [2.24, 2.45) is 0 Å². The molecule has 0 saturated heterocycles. The summed E-state index contributed by atoms with van der Waals surface area (Å²) in [5.41, 5.74) is 5.86. The van der Waals surface area contributed by atoms with Crippen LogP contribution >= 0.6 is 0 Å². The van der Waals surface area contributed by atoms with Crippen LogP contribution in [0.3, 0.4) is 0 Å². The van der Waals surface area contributed by atoms with Crippen LogP contribution in [0, 0.1) is 0 Å². The number of rotatable bonds is 3. The molecule has 0 atom stereocenters. The van der Waals surface area contributed by atoms with E-state index in [4.69, 9.17) is 0 Å². The summed E-state index contributed by atoms with van der Waals surface area (Å²) >= 11 is 0. The van der Waals surface area contributed by atoms with Gasteiger partial charge in [0.25, 0.3) is 0 Å². The van der Waals surface area contributed by atoms with Gasteiger partial charge in [-0.25, -0.2) is 0 Å². The van der Waals surface area contributed by atoms with E-state index in [1.165, 1.54) is 24.0 Å². The number of nitrogens with one attached hydrogen (secondary N) is 1.